The fourth-order valence-corrected chi connectivity index (χ4v) is 3.56. The summed E-state index contributed by atoms with van der Waals surface area (Å²) in [6, 6.07) is 21.3. The fraction of sp³-hybridized carbons (Fsp3) is 0. The molecule has 0 saturated heterocycles. The molecule has 0 aliphatic carbocycles. The highest BCUT2D eigenvalue weighted by molar-refractivity contribution is 6.12. The third kappa shape index (κ3) is 4.49. The quantitative estimate of drug-likeness (QED) is 0.358. The van der Waals surface area contributed by atoms with Gasteiger partial charge in [0, 0.05) is 46.4 Å². The number of aromatic nitrogens is 4. The highest BCUT2D eigenvalue weighted by atomic mass is 16.1. The van der Waals surface area contributed by atoms with Crippen LogP contribution in [0.1, 0.15) is 37.7 Å². The summed E-state index contributed by atoms with van der Waals surface area (Å²) < 4.78 is 0. The first-order valence-corrected chi connectivity index (χ1v) is 10.6. The number of pyridine rings is 2. The van der Waals surface area contributed by atoms with Crippen LogP contribution in [0.3, 0.4) is 0 Å². The van der Waals surface area contributed by atoms with Gasteiger partial charge in [0.05, 0.1) is 16.9 Å². The average molecular weight is 445 g/mol. The third-order valence-corrected chi connectivity index (χ3v) is 5.28. The van der Waals surface area contributed by atoms with Gasteiger partial charge in [0.2, 0.25) is 0 Å². The average Bonchev–Trinajstić information content (AvgIpc) is 3.30. The van der Waals surface area contributed by atoms with Gasteiger partial charge in [0.25, 0.3) is 5.91 Å². The molecule has 7 nitrogen and oxygen atoms in total. The van der Waals surface area contributed by atoms with Crippen molar-refractivity contribution in [3.05, 3.63) is 119 Å². The molecule has 0 bridgehead atoms. The van der Waals surface area contributed by atoms with Gasteiger partial charge in [-0.3, -0.25) is 24.7 Å². The van der Waals surface area contributed by atoms with E-state index in [0.717, 1.165) is 22.3 Å². The number of fused-ring (bicyclic) bond motifs is 1. The molecule has 0 saturated carbocycles. The van der Waals surface area contributed by atoms with Gasteiger partial charge in [-0.1, -0.05) is 24.3 Å². The lowest BCUT2D eigenvalue weighted by Gasteiger charge is -2.07. The molecule has 34 heavy (non-hydrogen) atoms. The second-order valence-electron chi connectivity index (χ2n) is 7.56. The summed E-state index contributed by atoms with van der Waals surface area (Å²) in [5, 5.41) is 11.1. The van der Waals surface area contributed by atoms with E-state index in [0.29, 0.717) is 22.4 Å². The first-order valence-electron chi connectivity index (χ1n) is 10.6. The van der Waals surface area contributed by atoms with Crippen molar-refractivity contribution < 1.29 is 9.59 Å². The second kappa shape index (κ2) is 9.30. The molecule has 3 heterocycles. The zero-order valence-electron chi connectivity index (χ0n) is 18.0. The lowest BCUT2D eigenvalue weighted by atomic mass is 10.0. The predicted octanol–water partition coefficient (Wildman–Crippen LogP) is 5.01. The lowest BCUT2D eigenvalue weighted by Crippen LogP contribution is -2.12. The van der Waals surface area contributed by atoms with Gasteiger partial charge in [-0.25, -0.2) is 0 Å². The number of ketones is 1. The van der Waals surface area contributed by atoms with E-state index in [-0.39, 0.29) is 11.7 Å². The maximum atomic E-state index is 13.1. The standard InChI is InChI=1S/C27H19N5O2/c33-26(19-4-3-6-22(16-19)30-27(34)18-11-14-28-15-12-18)20-7-9-23-24(31-32-25(23)17-20)10-8-21-5-1-2-13-29-21/h1-17H,(H,30,34)(H,31,32). The Morgan fingerprint density at radius 2 is 1.65 bits per heavy atom. The molecule has 0 spiro atoms. The Hall–Kier alpha value is -4.91. The van der Waals surface area contributed by atoms with Crippen LogP contribution in [0.5, 0.6) is 0 Å². The molecule has 0 unspecified atom stereocenters. The molecule has 3 aromatic heterocycles. The van der Waals surface area contributed by atoms with E-state index in [4.69, 9.17) is 0 Å². The number of amides is 1. The minimum absolute atomic E-state index is 0.151. The zero-order valence-corrected chi connectivity index (χ0v) is 18.0. The fourth-order valence-electron chi connectivity index (χ4n) is 3.56. The largest absolute Gasteiger partial charge is 0.322 e. The first-order chi connectivity index (χ1) is 16.7. The van der Waals surface area contributed by atoms with E-state index >= 15 is 0 Å². The number of nitrogens with one attached hydrogen (secondary N) is 2. The van der Waals surface area contributed by atoms with Crippen LogP contribution in [-0.2, 0) is 0 Å². The Morgan fingerprint density at radius 3 is 2.47 bits per heavy atom. The number of H-pyrrole nitrogens is 1. The van der Waals surface area contributed by atoms with Crippen molar-refractivity contribution in [3.8, 4) is 0 Å². The van der Waals surface area contributed by atoms with Crippen LogP contribution in [0.25, 0.3) is 23.1 Å². The predicted molar refractivity (Wildman–Crippen MR) is 131 cm³/mol. The smallest absolute Gasteiger partial charge is 0.255 e. The highest BCUT2D eigenvalue weighted by Crippen LogP contribution is 2.22. The monoisotopic (exact) mass is 445 g/mol. The molecule has 1 amide bonds. The van der Waals surface area contributed by atoms with Crippen molar-refractivity contribution in [2.75, 3.05) is 5.32 Å². The molecule has 0 radical (unpaired) electrons. The number of nitrogens with zero attached hydrogens (tertiary/aromatic N) is 3. The van der Waals surface area contributed by atoms with Crippen LogP contribution in [0.15, 0.2) is 91.4 Å². The van der Waals surface area contributed by atoms with E-state index in [2.05, 4.69) is 25.5 Å². The highest BCUT2D eigenvalue weighted by Gasteiger charge is 2.13. The summed E-state index contributed by atoms with van der Waals surface area (Å²) in [4.78, 5) is 33.7. The summed E-state index contributed by atoms with van der Waals surface area (Å²) in [5.74, 6) is -0.417. The van der Waals surface area contributed by atoms with Crippen LogP contribution in [0.2, 0.25) is 0 Å². The number of benzene rings is 2. The molecular weight excluding hydrogens is 426 g/mol. The maximum Gasteiger partial charge on any atom is 0.255 e. The van der Waals surface area contributed by atoms with E-state index in [1.807, 2.05) is 36.4 Å². The van der Waals surface area contributed by atoms with Gasteiger partial charge in [0.1, 0.15) is 0 Å². The van der Waals surface area contributed by atoms with Crippen molar-refractivity contribution in [3.63, 3.8) is 0 Å². The number of hydrogen-bond donors (Lipinski definition) is 2. The van der Waals surface area contributed by atoms with Crippen molar-refractivity contribution >= 4 is 40.4 Å². The van der Waals surface area contributed by atoms with Gasteiger partial charge < -0.3 is 5.32 Å². The van der Waals surface area contributed by atoms with E-state index in [9.17, 15) is 9.59 Å². The van der Waals surface area contributed by atoms with Crippen molar-refractivity contribution in [1.29, 1.82) is 0 Å². The lowest BCUT2D eigenvalue weighted by molar-refractivity contribution is 0.102. The number of carbonyl (C=O) groups excluding carboxylic acids is 2. The molecule has 164 valence electrons. The molecular formula is C27H19N5O2. The Bertz CT molecular complexity index is 1510. The maximum absolute atomic E-state index is 13.1. The van der Waals surface area contributed by atoms with Crippen LogP contribution in [-0.4, -0.2) is 31.9 Å². The number of carbonyl (C=O) groups is 2. The van der Waals surface area contributed by atoms with Crippen molar-refractivity contribution in [2.45, 2.75) is 0 Å². The number of aromatic amines is 1. The Morgan fingerprint density at radius 1 is 0.794 bits per heavy atom. The van der Waals surface area contributed by atoms with Crippen LogP contribution < -0.4 is 5.32 Å². The second-order valence-corrected chi connectivity index (χ2v) is 7.56. The Labute approximate surface area is 195 Å². The van der Waals surface area contributed by atoms with Crippen LogP contribution >= 0.6 is 0 Å². The normalized spacial score (nSPS) is 11.1. The van der Waals surface area contributed by atoms with Gasteiger partial charge in [-0.05, 0) is 60.7 Å². The molecule has 0 aliphatic heterocycles. The van der Waals surface area contributed by atoms with Gasteiger partial charge in [-0.15, -0.1) is 0 Å². The molecule has 5 rings (SSSR count). The minimum Gasteiger partial charge on any atom is -0.322 e. The molecule has 5 aromatic rings. The third-order valence-electron chi connectivity index (χ3n) is 5.28. The number of anilines is 1. The summed E-state index contributed by atoms with van der Waals surface area (Å²) in [5.41, 5.74) is 4.38. The zero-order chi connectivity index (χ0) is 23.3. The Balaban J connectivity index is 1.36. The molecule has 7 heteroatoms. The van der Waals surface area contributed by atoms with Gasteiger partial charge >= 0.3 is 0 Å². The van der Waals surface area contributed by atoms with Gasteiger partial charge in [0.15, 0.2) is 5.78 Å². The molecule has 0 atom stereocenters. The number of rotatable bonds is 6. The minimum atomic E-state index is -0.267. The van der Waals surface area contributed by atoms with Crippen molar-refractivity contribution in [1.82, 2.24) is 20.2 Å². The molecule has 2 aromatic carbocycles. The SMILES string of the molecule is O=C(Nc1cccc(C(=O)c2ccc3c(C=Cc4ccccn4)n[nH]c3c2)c1)c1ccncc1. The van der Waals surface area contributed by atoms with Crippen LogP contribution in [0, 0.1) is 0 Å². The molecule has 0 aliphatic rings. The van der Waals surface area contributed by atoms with Crippen LogP contribution in [0.4, 0.5) is 5.69 Å². The summed E-state index contributed by atoms with van der Waals surface area (Å²) in [6.45, 7) is 0. The molecule has 0 fully saturated rings. The Kier molecular flexibility index (Phi) is 5.73. The van der Waals surface area contributed by atoms with E-state index in [1.54, 1.807) is 67.1 Å². The topological polar surface area (TPSA) is 101 Å². The number of hydrogen-bond acceptors (Lipinski definition) is 5. The van der Waals surface area contributed by atoms with E-state index < -0.39 is 0 Å². The summed E-state index contributed by atoms with van der Waals surface area (Å²) in [7, 11) is 0. The van der Waals surface area contributed by atoms with E-state index in [1.165, 1.54) is 0 Å². The first kappa shape index (κ1) is 21.0. The van der Waals surface area contributed by atoms with Crippen molar-refractivity contribution in [2.24, 2.45) is 0 Å². The van der Waals surface area contributed by atoms with Gasteiger partial charge in [-0.2, -0.15) is 5.10 Å². The summed E-state index contributed by atoms with van der Waals surface area (Å²) in [6.07, 6.45) is 8.62. The summed E-state index contributed by atoms with van der Waals surface area (Å²) >= 11 is 0. The molecule has 2 N–H and O–H groups in total.